The molecule has 148 valence electrons. The molecule has 0 aliphatic carbocycles. The van der Waals surface area contributed by atoms with E-state index >= 15 is 0 Å². The maximum Gasteiger partial charge on any atom is 0.223 e. The van der Waals surface area contributed by atoms with Crippen molar-refractivity contribution in [3.8, 4) is 5.88 Å². The molecule has 1 aromatic carbocycles. The van der Waals surface area contributed by atoms with Gasteiger partial charge in [-0.05, 0) is 18.2 Å². The molecule has 0 radical (unpaired) electrons. The summed E-state index contributed by atoms with van der Waals surface area (Å²) in [6.45, 7) is 1.81. The molecule has 1 saturated heterocycles. The van der Waals surface area contributed by atoms with Gasteiger partial charge in [-0.1, -0.05) is 6.07 Å². The van der Waals surface area contributed by atoms with E-state index in [0.29, 0.717) is 37.7 Å². The highest BCUT2D eigenvalue weighted by molar-refractivity contribution is 5.96. The van der Waals surface area contributed by atoms with Crippen LogP contribution in [0.15, 0.2) is 36.4 Å². The van der Waals surface area contributed by atoms with Gasteiger partial charge in [0, 0.05) is 56.8 Å². The molecule has 1 aliphatic rings. The predicted molar refractivity (Wildman–Crippen MR) is 99.5 cm³/mol. The SMILES string of the molecule is COc1cccc(C(=O)CCC(=O)N2CCN(c3cc(F)cc(F)c3)CC2)n1. The summed E-state index contributed by atoms with van der Waals surface area (Å²) in [5, 5.41) is 0. The number of ether oxygens (including phenoxy) is 1. The summed E-state index contributed by atoms with van der Waals surface area (Å²) in [6.07, 6.45) is 0.153. The van der Waals surface area contributed by atoms with Crippen molar-refractivity contribution in [2.45, 2.75) is 12.8 Å². The van der Waals surface area contributed by atoms with E-state index in [1.165, 1.54) is 19.2 Å². The topological polar surface area (TPSA) is 62.7 Å². The van der Waals surface area contributed by atoms with E-state index in [0.717, 1.165) is 6.07 Å². The number of hydrogen-bond donors (Lipinski definition) is 0. The van der Waals surface area contributed by atoms with Gasteiger partial charge in [-0.15, -0.1) is 0 Å². The minimum atomic E-state index is -0.627. The number of anilines is 1. The number of carbonyl (C=O) groups is 2. The predicted octanol–water partition coefficient (Wildman–Crippen LogP) is 2.68. The van der Waals surface area contributed by atoms with Crippen molar-refractivity contribution < 1.29 is 23.1 Å². The summed E-state index contributed by atoms with van der Waals surface area (Å²) < 4.78 is 31.7. The number of halogens is 2. The Balaban J connectivity index is 1.50. The Hall–Kier alpha value is -3.03. The minimum Gasteiger partial charge on any atom is -0.481 e. The third kappa shape index (κ3) is 4.82. The van der Waals surface area contributed by atoms with E-state index in [1.54, 1.807) is 23.1 Å². The molecule has 6 nitrogen and oxygen atoms in total. The first-order valence-electron chi connectivity index (χ1n) is 8.99. The molecule has 1 aromatic heterocycles. The van der Waals surface area contributed by atoms with Gasteiger partial charge in [0.15, 0.2) is 5.78 Å². The highest BCUT2D eigenvalue weighted by atomic mass is 19.1. The zero-order valence-electron chi connectivity index (χ0n) is 15.5. The van der Waals surface area contributed by atoms with Crippen LogP contribution >= 0.6 is 0 Å². The Morgan fingerprint density at radius 3 is 2.36 bits per heavy atom. The second-order valence-corrected chi connectivity index (χ2v) is 6.48. The Morgan fingerprint density at radius 2 is 1.71 bits per heavy atom. The zero-order chi connectivity index (χ0) is 20.1. The molecule has 0 bridgehead atoms. The van der Waals surface area contributed by atoms with Gasteiger partial charge in [0.05, 0.1) is 7.11 Å². The van der Waals surface area contributed by atoms with Crippen LogP contribution in [0.25, 0.3) is 0 Å². The summed E-state index contributed by atoms with van der Waals surface area (Å²) in [5.41, 5.74) is 0.731. The summed E-state index contributed by atoms with van der Waals surface area (Å²) in [6, 6.07) is 8.30. The highest BCUT2D eigenvalue weighted by Gasteiger charge is 2.22. The average Bonchev–Trinajstić information content (AvgIpc) is 2.71. The van der Waals surface area contributed by atoms with Gasteiger partial charge >= 0.3 is 0 Å². The molecule has 1 fully saturated rings. The van der Waals surface area contributed by atoms with Crippen LogP contribution in [0, 0.1) is 11.6 Å². The van der Waals surface area contributed by atoms with Crippen LogP contribution in [-0.4, -0.2) is 54.9 Å². The summed E-state index contributed by atoms with van der Waals surface area (Å²) in [7, 11) is 1.47. The molecule has 2 aromatic rings. The first kappa shape index (κ1) is 19.7. The Morgan fingerprint density at radius 1 is 1.04 bits per heavy atom. The van der Waals surface area contributed by atoms with Crippen LogP contribution in [0.1, 0.15) is 23.3 Å². The maximum atomic E-state index is 13.4. The van der Waals surface area contributed by atoms with Gasteiger partial charge in [-0.25, -0.2) is 13.8 Å². The maximum absolute atomic E-state index is 13.4. The number of methoxy groups -OCH3 is 1. The number of nitrogens with zero attached hydrogens (tertiary/aromatic N) is 3. The monoisotopic (exact) mass is 389 g/mol. The van der Waals surface area contributed by atoms with Gasteiger partial charge < -0.3 is 14.5 Å². The van der Waals surface area contributed by atoms with E-state index < -0.39 is 11.6 Å². The number of rotatable bonds is 6. The Kier molecular flexibility index (Phi) is 6.18. The van der Waals surface area contributed by atoms with Gasteiger partial charge in [0.25, 0.3) is 0 Å². The molecule has 0 unspecified atom stereocenters. The molecule has 8 heteroatoms. The number of pyridine rings is 1. The zero-order valence-corrected chi connectivity index (χ0v) is 15.5. The summed E-state index contributed by atoms with van der Waals surface area (Å²) in [5.74, 6) is -1.25. The largest absolute Gasteiger partial charge is 0.481 e. The van der Waals surface area contributed by atoms with Crippen LogP contribution in [0.5, 0.6) is 5.88 Å². The van der Waals surface area contributed by atoms with E-state index in [9.17, 15) is 18.4 Å². The van der Waals surface area contributed by atoms with Crippen LogP contribution in [0.3, 0.4) is 0 Å². The van der Waals surface area contributed by atoms with E-state index in [1.807, 2.05) is 4.90 Å². The quantitative estimate of drug-likeness (QED) is 0.711. The van der Waals surface area contributed by atoms with Crippen LogP contribution in [0.4, 0.5) is 14.5 Å². The fraction of sp³-hybridized carbons (Fsp3) is 0.350. The molecule has 1 amide bonds. The number of carbonyl (C=O) groups excluding carboxylic acids is 2. The molecule has 1 aliphatic heterocycles. The molecule has 3 rings (SSSR count). The highest BCUT2D eigenvalue weighted by Crippen LogP contribution is 2.20. The smallest absolute Gasteiger partial charge is 0.223 e. The van der Waals surface area contributed by atoms with Crippen molar-refractivity contribution in [2.75, 3.05) is 38.2 Å². The number of benzene rings is 1. The third-order valence-electron chi connectivity index (χ3n) is 4.63. The molecule has 2 heterocycles. The Bertz CT molecular complexity index is 847. The lowest BCUT2D eigenvalue weighted by molar-refractivity contribution is -0.131. The lowest BCUT2D eigenvalue weighted by Gasteiger charge is -2.36. The van der Waals surface area contributed by atoms with Crippen molar-refractivity contribution in [1.29, 1.82) is 0 Å². The molecular weight excluding hydrogens is 368 g/mol. The van der Waals surface area contributed by atoms with Crippen molar-refractivity contribution in [2.24, 2.45) is 0 Å². The van der Waals surface area contributed by atoms with Gasteiger partial charge in [-0.2, -0.15) is 0 Å². The fourth-order valence-corrected chi connectivity index (χ4v) is 3.13. The number of Topliss-reactive ketones (excluding diaryl/α,β-unsaturated/α-hetero) is 1. The van der Waals surface area contributed by atoms with Crippen molar-refractivity contribution in [1.82, 2.24) is 9.88 Å². The fourth-order valence-electron chi connectivity index (χ4n) is 3.13. The molecule has 0 atom stereocenters. The van der Waals surface area contributed by atoms with E-state index in [2.05, 4.69) is 4.98 Å². The van der Waals surface area contributed by atoms with Crippen LogP contribution < -0.4 is 9.64 Å². The Labute approximate surface area is 161 Å². The van der Waals surface area contributed by atoms with E-state index in [4.69, 9.17) is 4.74 Å². The molecular formula is C20H21F2N3O3. The number of piperazine rings is 1. The van der Waals surface area contributed by atoms with Crippen molar-refractivity contribution >= 4 is 17.4 Å². The van der Waals surface area contributed by atoms with Gasteiger partial charge in [0.1, 0.15) is 17.3 Å². The first-order valence-corrected chi connectivity index (χ1v) is 8.99. The first-order chi connectivity index (χ1) is 13.5. The van der Waals surface area contributed by atoms with Crippen molar-refractivity contribution in [3.63, 3.8) is 0 Å². The normalized spacial score (nSPS) is 14.1. The van der Waals surface area contributed by atoms with Crippen LogP contribution in [0.2, 0.25) is 0 Å². The molecule has 0 saturated carbocycles. The lowest BCUT2D eigenvalue weighted by Crippen LogP contribution is -2.48. The van der Waals surface area contributed by atoms with Gasteiger partial charge in [0.2, 0.25) is 11.8 Å². The van der Waals surface area contributed by atoms with Crippen molar-refractivity contribution in [3.05, 3.63) is 53.7 Å². The molecule has 0 spiro atoms. The second kappa shape index (κ2) is 8.77. The average molecular weight is 389 g/mol. The number of hydrogen-bond acceptors (Lipinski definition) is 5. The van der Waals surface area contributed by atoms with Gasteiger partial charge in [-0.3, -0.25) is 9.59 Å². The summed E-state index contributed by atoms with van der Waals surface area (Å²) >= 11 is 0. The standard InChI is InChI=1S/C20H21F2N3O3/c1-28-19-4-2-3-17(23-19)18(26)5-6-20(27)25-9-7-24(8-10-25)16-12-14(21)11-15(22)13-16/h2-4,11-13H,5-10H2,1H3. The lowest BCUT2D eigenvalue weighted by atomic mass is 10.1. The number of amides is 1. The second-order valence-electron chi connectivity index (χ2n) is 6.48. The minimum absolute atomic E-state index is 0.0638. The summed E-state index contributed by atoms with van der Waals surface area (Å²) in [4.78, 5) is 32.2. The van der Waals surface area contributed by atoms with E-state index in [-0.39, 0.29) is 30.2 Å². The molecule has 28 heavy (non-hydrogen) atoms. The molecule has 0 N–H and O–H groups in total. The number of ketones is 1. The number of aromatic nitrogens is 1. The van der Waals surface area contributed by atoms with Crippen LogP contribution in [-0.2, 0) is 4.79 Å². The third-order valence-corrected chi connectivity index (χ3v) is 4.63.